The number of fused-ring (bicyclic) bond motifs is 1. The summed E-state index contributed by atoms with van der Waals surface area (Å²) in [4.78, 5) is 14.7. The van der Waals surface area contributed by atoms with E-state index in [0.29, 0.717) is 18.8 Å². The Kier molecular flexibility index (Phi) is 4.45. The smallest absolute Gasteiger partial charge is 0.268 e. The maximum Gasteiger partial charge on any atom is 0.268 e. The molecule has 2 aromatic rings. The van der Waals surface area contributed by atoms with Crippen molar-refractivity contribution < 1.29 is 4.74 Å². The van der Waals surface area contributed by atoms with Gasteiger partial charge < -0.3 is 4.74 Å². The van der Waals surface area contributed by atoms with Crippen molar-refractivity contribution in [1.82, 2.24) is 14.7 Å². The lowest BCUT2D eigenvalue weighted by atomic mass is 9.90. The van der Waals surface area contributed by atoms with Gasteiger partial charge in [0.1, 0.15) is 0 Å². The zero-order chi connectivity index (χ0) is 16.4. The van der Waals surface area contributed by atoms with Crippen LogP contribution in [0, 0.1) is 0 Å². The maximum atomic E-state index is 12.3. The molecule has 1 saturated carbocycles. The number of aromatic nitrogens is 2. The van der Waals surface area contributed by atoms with Crippen molar-refractivity contribution in [3.63, 3.8) is 0 Å². The van der Waals surface area contributed by atoms with Gasteiger partial charge in [-0.1, -0.05) is 43.2 Å². The summed E-state index contributed by atoms with van der Waals surface area (Å²) in [6.07, 6.45) is 5.09. The first-order valence-corrected chi connectivity index (χ1v) is 8.80. The molecule has 4 rings (SSSR count). The highest BCUT2D eigenvalue weighted by Gasteiger charge is 2.34. The molecule has 0 radical (unpaired) electrons. The molecule has 24 heavy (non-hydrogen) atoms. The summed E-state index contributed by atoms with van der Waals surface area (Å²) in [6, 6.07) is 13.8. The topological polar surface area (TPSA) is 47.4 Å². The monoisotopic (exact) mass is 325 g/mol. The van der Waals surface area contributed by atoms with E-state index in [4.69, 9.17) is 4.74 Å². The molecule has 2 aliphatic rings. The molecule has 1 aromatic carbocycles. The average Bonchev–Trinajstić information content (AvgIpc) is 2.64. The summed E-state index contributed by atoms with van der Waals surface area (Å²) in [6.45, 7) is 2.16. The molecule has 126 valence electrons. The minimum atomic E-state index is -0.0477. The van der Waals surface area contributed by atoms with Gasteiger partial charge in [0, 0.05) is 24.2 Å². The molecule has 0 unspecified atom stereocenters. The molecule has 0 bridgehead atoms. The fraction of sp³-hybridized carbons (Fsp3) is 0.474. The van der Waals surface area contributed by atoms with Gasteiger partial charge >= 0.3 is 0 Å². The van der Waals surface area contributed by atoms with Crippen molar-refractivity contribution in [2.24, 2.45) is 0 Å². The summed E-state index contributed by atoms with van der Waals surface area (Å²) < 4.78 is 7.52. The molecule has 1 aromatic heterocycles. The second kappa shape index (κ2) is 6.87. The fourth-order valence-electron chi connectivity index (χ4n) is 3.84. The predicted octanol–water partition coefficient (Wildman–Crippen LogP) is 2.51. The Morgan fingerprint density at radius 1 is 1.08 bits per heavy atom. The van der Waals surface area contributed by atoms with Gasteiger partial charge in [-0.25, -0.2) is 4.68 Å². The van der Waals surface area contributed by atoms with E-state index < -0.39 is 0 Å². The van der Waals surface area contributed by atoms with Gasteiger partial charge in [-0.2, -0.15) is 5.10 Å². The van der Waals surface area contributed by atoms with Crippen molar-refractivity contribution in [3.8, 4) is 11.3 Å². The minimum Gasteiger partial charge on any atom is -0.375 e. The van der Waals surface area contributed by atoms with E-state index in [9.17, 15) is 4.79 Å². The molecule has 5 nitrogen and oxygen atoms in total. The molecule has 2 fully saturated rings. The highest BCUT2D eigenvalue weighted by Crippen LogP contribution is 2.28. The van der Waals surface area contributed by atoms with Gasteiger partial charge in [-0.05, 0) is 18.9 Å². The number of hydrogen-bond donors (Lipinski definition) is 0. The zero-order valence-electron chi connectivity index (χ0n) is 13.8. The van der Waals surface area contributed by atoms with Gasteiger partial charge in [0.05, 0.1) is 25.1 Å². The Bertz CT molecular complexity index is 742. The first-order chi connectivity index (χ1) is 11.8. The maximum absolute atomic E-state index is 12.3. The van der Waals surface area contributed by atoms with Crippen LogP contribution in [0.2, 0.25) is 0 Å². The third-order valence-corrected chi connectivity index (χ3v) is 5.10. The fourth-order valence-corrected chi connectivity index (χ4v) is 3.84. The van der Waals surface area contributed by atoms with Crippen LogP contribution in [0.15, 0.2) is 47.3 Å². The van der Waals surface area contributed by atoms with Gasteiger partial charge in [0.15, 0.2) is 0 Å². The Morgan fingerprint density at radius 2 is 1.92 bits per heavy atom. The lowest BCUT2D eigenvalue weighted by molar-refractivity contribution is -0.0996. The minimum absolute atomic E-state index is 0.0477. The third kappa shape index (κ3) is 3.14. The van der Waals surface area contributed by atoms with Crippen LogP contribution < -0.4 is 5.56 Å². The van der Waals surface area contributed by atoms with Crippen molar-refractivity contribution >= 4 is 0 Å². The Morgan fingerprint density at radius 3 is 2.79 bits per heavy atom. The third-order valence-electron chi connectivity index (χ3n) is 5.10. The number of rotatable bonds is 3. The van der Waals surface area contributed by atoms with Gasteiger partial charge in [0.25, 0.3) is 5.56 Å². The van der Waals surface area contributed by atoms with E-state index in [2.05, 4.69) is 10.00 Å². The summed E-state index contributed by atoms with van der Waals surface area (Å²) in [5.41, 5.74) is 1.82. The lowest BCUT2D eigenvalue weighted by Crippen LogP contribution is -2.53. The molecule has 0 N–H and O–H groups in total. The molecule has 0 spiro atoms. The quantitative estimate of drug-likeness (QED) is 0.870. The SMILES string of the molecule is O=c1ccc(-c2ccccc2)nn1CN1CCO[C@@H]2CCCC[C@H]21. The van der Waals surface area contributed by atoms with Crippen LogP contribution in [0.4, 0.5) is 0 Å². The number of hydrogen-bond acceptors (Lipinski definition) is 4. The highest BCUT2D eigenvalue weighted by atomic mass is 16.5. The van der Waals surface area contributed by atoms with Gasteiger partial charge in [-0.3, -0.25) is 9.69 Å². The number of nitrogens with zero attached hydrogens (tertiary/aromatic N) is 3. The standard InChI is InChI=1S/C19H23N3O2/c23-19-11-10-16(15-6-2-1-3-7-15)20-22(19)14-21-12-13-24-18-9-5-4-8-17(18)21/h1-3,6-7,10-11,17-18H,4-5,8-9,12-14H2/t17-,18-/m1/s1. The van der Waals surface area contributed by atoms with Gasteiger partial charge in [0.2, 0.25) is 0 Å². The summed E-state index contributed by atoms with van der Waals surface area (Å²) in [5.74, 6) is 0. The van der Waals surface area contributed by atoms with E-state index in [0.717, 1.165) is 37.3 Å². The molecule has 2 atom stereocenters. The summed E-state index contributed by atoms with van der Waals surface area (Å²) >= 11 is 0. The van der Waals surface area contributed by atoms with Gasteiger partial charge in [-0.15, -0.1) is 0 Å². The second-order valence-corrected chi connectivity index (χ2v) is 6.64. The molecule has 1 saturated heterocycles. The first-order valence-electron chi connectivity index (χ1n) is 8.80. The molecule has 1 aliphatic heterocycles. The Hall–Kier alpha value is -1.98. The molecule has 2 heterocycles. The average molecular weight is 325 g/mol. The molecule has 1 aliphatic carbocycles. The van der Waals surface area contributed by atoms with Crippen LogP contribution in [0.3, 0.4) is 0 Å². The van der Waals surface area contributed by atoms with Crippen LogP contribution in [0.5, 0.6) is 0 Å². The Balaban J connectivity index is 1.58. The number of ether oxygens (including phenoxy) is 1. The molecule has 0 amide bonds. The van der Waals surface area contributed by atoms with E-state index in [1.807, 2.05) is 30.3 Å². The summed E-state index contributed by atoms with van der Waals surface area (Å²) in [7, 11) is 0. The van der Waals surface area contributed by atoms with Crippen molar-refractivity contribution in [1.29, 1.82) is 0 Å². The number of benzene rings is 1. The van der Waals surface area contributed by atoms with E-state index in [-0.39, 0.29) is 5.56 Å². The predicted molar refractivity (Wildman–Crippen MR) is 92.6 cm³/mol. The first kappa shape index (κ1) is 15.5. The summed E-state index contributed by atoms with van der Waals surface area (Å²) in [5, 5.41) is 4.60. The van der Waals surface area contributed by atoms with Crippen molar-refractivity contribution in [2.75, 3.05) is 13.2 Å². The largest absolute Gasteiger partial charge is 0.375 e. The van der Waals surface area contributed by atoms with Crippen molar-refractivity contribution in [2.45, 2.75) is 44.5 Å². The van der Waals surface area contributed by atoms with E-state index in [1.165, 1.54) is 12.8 Å². The van der Waals surface area contributed by atoms with Crippen molar-refractivity contribution in [3.05, 3.63) is 52.8 Å². The highest BCUT2D eigenvalue weighted by molar-refractivity contribution is 5.57. The second-order valence-electron chi connectivity index (χ2n) is 6.64. The Labute approximate surface area is 141 Å². The van der Waals surface area contributed by atoms with E-state index >= 15 is 0 Å². The van der Waals surface area contributed by atoms with Crippen LogP contribution in [0.25, 0.3) is 11.3 Å². The molecular formula is C19H23N3O2. The van der Waals surface area contributed by atoms with Crippen LogP contribution >= 0.6 is 0 Å². The van der Waals surface area contributed by atoms with Crippen LogP contribution in [-0.4, -0.2) is 40.0 Å². The van der Waals surface area contributed by atoms with E-state index in [1.54, 1.807) is 16.8 Å². The molecular weight excluding hydrogens is 302 g/mol. The lowest BCUT2D eigenvalue weighted by Gasteiger charge is -2.43. The zero-order valence-corrected chi connectivity index (χ0v) is 13.8. The van der Waals surface area contributed by atoms with Crippen LogP contribution in [0.1, 0.15) is 25.7 Å². The molecule has 5 heteroatoms. The van der Waals surface area contributed by atoms with Crippen LogP contribution in [-0.2, 0) is 11.4 Å². The normalized spacial score (nSPS) is 24.5. The number of morpholine rings is 1.